The Kier molecular flexibility index (Phi) is 5.43. The zero-order valence-corrected chi connectivity index (χ0v) is 13.7. The second-order valence-corrected chi connectivity index (χ2v) is 11.2. The van der Waals surface area contributed by atoms with Crippen LogP contribution in [0.5, 0.6) is 0 Å². The van der Waals surface area contributed by atoms with E-state index in [2.05, 4.69) is 39.9 Å². The molecule has 0 N–H and O–H groups in total. The first kappa shape index (κ1) is 15.7. The Labute approximate surface area is 113 Å². The van der Waals surface area contributed by atoms with Crippen molar-refractivity contribution in [1.82, 2.24) is 0 Å². The average Bonchev–Trinajstić information content (AvgIpc) is 2.26. The maximum Gasteiger partial charge on any atom is 0.199 e. The molecule has 2 atom stereocenters. The lowest BCUT2D eigenvalue weighted by atomic mass is 10.1. The van der Waals surface area contributed by atoms with Crippen molar-refractivity contribution in [2.75, 3.05) is 13.2 Å². The molecule has 1 aliphatic heterocycles. The van der Waals surface area contributed by atoms with Crippen molar-refractivity contribution in [2.24, 2.45) is 5.92 Å². The molecule has 1 aliphatic rings. The monoisotopic (exact) mass is 272 g/mol. The van der Waals surface area contributed by atoms with Crippen LogP contribution in [-0.4, -0.2) is 27.8 Å². The summed E-state index contributed by atoms with van der Waals surface area (Å²) in [5.41, 5.74) is 0. The van der Waals surface area contributed by atoms with Gasteiger partial charge in [0.25, 0.3) is 0 Å². The van der Waals surface area contributed by atoms with Gasteiger partial charge in [0.05, 0.1) is 6.26 Å². The predicted molar refractivity (Wildman–Crippen MR) is 76.9 cm³/mol. The van der Waals surface area contributed by atoms with Gasteiger partial charge in [0, 0.05) is 25.6 Å². The highest BCUT2D eigenvalue weighted by atomic mass is 28.4. The number of ether oxygens (including phenoxy) is 2. The van der Waals surface area contributed by atoms with Crippen LogP contribution < -0.4 is 0 Å². The van der Waals surface area contributed by atoms with Crippen molar-refractivity contribution in [3.63, 3.8) is 0 Å². The molecule has 0 bridgehead atoms. The molecule has 0 radical (unpaired) electrons. The number of rotatable bonds is 5. The molecule has 1 rings (SSSR count). The Balaban J connectivity index is 2.44. The molecular formula is C14H28O3Si. The van der Waals surface area contributed by atoms with Gasteiger partial charge in [-0.05, 0) is 31.1 Å². The van der Waals surface area contributed by atoms with Gasteiger partial charge in [-0.2, -0.15) is 0 Å². The normalized spacial score (nSPS) is 25.0. The predicted octanol–water partition coefficient (Wildman–Crippen LogP) is 3.92. The summed E-state index contributed by atoms with van der Waals surface area (Å²) in [5, 5.41) is 0.265. The van der Waals surface area contributed by atoms with Crippen LogP contribution in [0.3, 0.4) is 0 Å². The molecule has 4 heteroatoms. The van der Waals surface area contributed by atoms with Crippen LogP contribution in [0, 0.1) is 5.92 Å². The van der Waals surface area contributed by atoms with Crippen molar-refractivity contribution in [1.29, 1.82) is 0 Å². The third-order valence-electron chi connectivity index (χ3n) is 3.89. The molecule has 0 aromatic heterocycles. The minimum Gasteiger partial charge on any atom is -0.473 e. The minimum absolute atomic E-state index is 0.104. The van der Waals surface area contributed by atoms with Crippen molar-refractivity contribution in [3.8, 4) is 0 Å². The Morgan fingerprint density at radius 3 is 2.56 bits per heavy atom. The number of hydrogen-bond acceptors (Lipinski definition) is 3. The standard InChI is InChI=1S/C14H28O3Si/c1-7-15-13-10-12(8-9-16-13)11-17-18(5,6)14(2,3)4/h8-9,12-13H,7,10-11H2,1-6H3/t12-,13+/m1/s1. The zero-order chi connectivity index (χ0) is 13.8. The molecule has 3 nitrogen and oxygen atoms in total. The molecule has 0 unspecified atom stereocenters. The van der Waals surface area contributed by atoms with Crippen LogP contribution in [0.15, 0.2) is 12.3 Å². The number of hydrogen-bond donors (Lipinski definition) is 0. The smallest absolute Gasteiger partial charge is 0.199 e. The Bertz CT molecular complexity index is 281. The summed E-state index contributed by atoms with van der Waals surface area (Å²) in [6, 6.07) is 0. The lowest BCUT2D eigenvalue weighted by Crippen LogP contribution is -2.42. The molecule has 18 heavy (non-hydrogen) atoms. The van der Waals surface area contributed by atoms with Gasteiger partial charge in [-0.1, -0.05) is 20.8 Å². The van der Waals surface area contributed by atoms with E-state index in [4.69, 9.17) is 13.9 Å². The summed E-state index contributed by atoms with van der Waals surface area (Å²) >= 11 is 0. The van der Waals surface area contributed by atoms with E-state index >= 15 is 0 Å². The fourth-order valence-corrected chi connectivity index (χ4v) is 2.64. The largest absolute Gasteiger partial charge is 0.473 e. The summed E-state index contributed by atoms with van der Waals surface area (Å²) in [6.45, 7) is 14.8. The van der Waals surface area contributed by atoms with Crippen molar-refractivity contribution in [2.45, 2.75) is 58.5 Å². The Hall–Kier alpha value is -0.323. The molecule has 0 aromatic carbocycles. The summed E-state index contributed by atoms with van der Waals surface area (Å²) in [7, 11) is -1.64. The van der Waals surface area contributed by atoms with E-state index in [9.17, 15) is 0 Å². The van der Waals surface area contributed by atoms with Gasteiger partial charge in [-0.25, -0.2) is 0 Å². The van der Waals surface area contributed by atoms with Crippen LogP contribution >= 0.6 is 0 Å². The maximum absolute atomic E-state index is 6.24. The SMILES string of the molecule is CCO[C@@H]1C[C@H](CO[Si](C)(C)C(C)(C)C)C=CO1. The average molecular weight is 272 g/mol. The second-order valence-electron chi connectivity index (χ2n) is 6.42. The van der Waals surface area contributed by atoms with Crippen molar-refractivity contribution in [3.05, 3.63) is 12.3 Å². The summed E-state index contributed by atoms with van der Waals surface area (Å²) in [4.78, 5) is 0. The van der Waals surface area contributed by atoms with Gasteiger partial charge in [-0.3, -0.25) is 0 Å². The highest BCUT2D eigenvalue weighted by molar-refractivity contribution is 6.74. The third-order valence-corrected chi connectivity index (χ3v) is 8.39. The molecule has 0 spiro atoms. The zero-order valence-electron chi connectivity index (χ0n) is 12.7. The molecule has 1 heterocycles. The summed E-state index contributed by atoms with van der Waals surface area (Å²) in [6.07, 6.45) is 4.62. The van der Waals surface area contributed by atoms with Crippen molar-refractivity contribution >= 4 is 8.32 Å². The highest BCUT2D eigenvalue weighted by Crippen LogP contribution is 2.37. The first-order valence-corrected chi connectivity index (χ1v) is 9.75. The van der Waals surface area contributed by atoms with E-state index in [1.807, 2.05) is 6.92 Å². The van der Waals surface area contributed by atoms with Gasteiger partial charge in [0.2, 0.25) is 0 Å². The molecule has 0 amide bonds. The Morgan fingerprint density at radius 1 is 1.33 bits per heavy atom. The molecule has 0 saturated carbocycles. The second kappa shape index (κ2) is 6.22. The van der Waals surface area contributed by atoms with Gasteiger partial charge < -0.3 is 13.9 Å². The fourth-order valence-electron chi connectivity index (χ4n) is 1.57. The Morgan fingerprint density at radius 2 is 2.00 bits per heavy atom. The molecule has 106 valence electrons. The van der Waals surface area contributed by atoms with E-state index in [0.29, 0.717) is 12.5 Å². The quantitative estimate of drug-likeness (QED) is 0.710. The van der Waals surface area contributed by atoms with Crippen LogP contribution in [0.4, 0.5) is 0 Å². The summed E-state index contributed by atoms with van der Waals surface area (Å²) < 4.78 is 17.1. The molecule has 0 aliphatic carbocycles. The molecule has 0 saturated heterocycles. The van der Waals surface area contributed by atoms with E-state index in [1.165, 1.54) is 0 Å². The van der Waals surface area contributed by atoms with E-state index in [1.54, 1.807) is 6.26 Å². The fraction of sp³-hybridized carbons (Fsp3) is 0.857. The molecular weight excluding hydrogens is 244 g/mol. The van der Waals surface area contributed by atoms with Crippen molar-refractivity contribution < 1.29 is 13.9 Å². The van der Waals surface area contributed by atoms with E-state index in [-0.39, 0.29) is 11.3 Å². The van der Waals surface area contributed by atoms with E-state index in [0.717, 1.165) is 13.0 Å². The summed E-state index contributed by atoms with van der Waals surface area (Å²) in [5.74, 6) is 0.407. The minimum atomic E-state index is -1.64. The van der Waals surface area contributed by atoms with Crippen LogP contribution in [0.2, 0.25) is 18.1 Å². The van der Waals surface area contributed by atoms with Crippen LogP contribution in [-0.2, 0) is 13.9 Å². The topological polar surface area (TPSA) is 27.7 Å². The first-order chi connectivity index (χ1) is 8.26. The van der Waals surface area contributed by atoms with Crippen LogP contribution in [0.25, 0.3) is 0 Å². The maximum atomic E-state index is 6.24. The van der Waals surface area contributed by atoms with Crippen LogP contribution in [0.1, 0.15) is 34.1 Å². The van der Waals surface area contributed by atoms with Gasteiger partial charge in [-0.15, -0.1) is 0 Å². The van der Waals surface area contributed by atoms with Gasteiger partial charge in [0.1, 0.15) is 0 Å². The molecule has 0 fully saturated rings. The first-order valence-electron chi connectivity index (χ1n) is 6.84. The lowest BCUT2D eigenvalue weighted by molar-refractivity contribution is -0.121. The van der Waals surface area contributed by atoms with Gasteiger partial charge >= 0.3 is 0 Å². The van der Waals surface area contributed by atoms with E-state index < -0.39 is 8.32 Å². The highest BCUT2D eigenvalue weighted by Gasteiger charge is 2.37. The third kappa shape index (κ3) is 4.41. The van der Waals surface area contributed by atoms with Gasteiger partial charge in [0.15, 0.2) is 14.6 Å². The molecule has 0 aromatic rings. The lowest BCUT2D eigenvalue weighted by Gasteiger charge is -2.37.